The number of nitrogens with zero attached hydrogens (tertiary/aromatic N) is 3. The number of carbonyl (C=O) groups excluding carboxylic acids is 2. The maximum atomic E-state index is 12.6. The van der Waals surface area contributed by atoms with Gasteiger partial charge < -0.3 is 10.2 Å². The van der Waals surface area contributed by atoms with Crippen molar-refractivity contribution in [3.8, 4) is 12.1 Å². The van der Waals surface area contributed by atoms with Crippen LogP contribution in [0.3, 0.4) is 0 Å². The molecule has 1 unspecified atom stereocenters. The molecule has 0 aromatic carbocycles. The van der Waals surface area contributed by atoms with Gasteiger partial charge in [0.15, 0.2) is 0 Å². The summed E-state index contributed by atoms with van der Waals surface area (Å²) in [6, 6.07) is 4.09. The minimum absolute atomic E-state index is 0.0170. The molecule has 0 saturated heterocycles. The van der Waals surface area contributed by atoms with Gasteiger partial charge in [-0.25, -0.2) is 0 Å². The van der Waals surface area contributed by atoms with E-state index in [1.54, 1.807) is 13.8 Å². The molecule has 1 N–H and O–H groups in total. The van der Waals surface area contributed by atoms with Gasteiger partial charge in [0.2, 0.25) is 11.8 Å². The number of rotatable bonds is 7. The van der Waals surface area contributed by atoms with Gasteiger partial charge in [0.25, 0.3) is 0 Å². The molecule has 0 saturated carbocycles. The second-order valence-electron chi connectivity index (χ2n) is 7.96. The number of thioether (sulfide) groups is 1. The Morgan fingerprint density at radius 3 is 2.19 bits per heavy atom. The van der Waals surface area contributed by atoms with Crippen LogP contribution in [0.2, 0.25) is 0 Å². The fourth-order valence-electron chi connectivity index (χ4n) is 2.92. The number of amides is 2. The number of nitriles is 2. The van der Waals surface area contributed by atoms with E-state index in [-0.39, 0.29) is 11.7 Å². The quantitative estimate of drug-likeness (QED) is 0.737. The number of carbonyl (C=O) groups is 2. The Morgan fingerprint density at radius 1 is 1.23 bits per heavy atom. The highest BCUT2D eigenvalue weighted by Crippen LogP contribution is 2.41. The van der Waals surface area contributed by atoms with Crippen LogP contribution in [-0.4, -0.2) is 35.6 Å². The Morgan fingerprint density at radius 2 is 1.77 bits per heavy atom. The van der Waals surface area contributed by atoms with Crippen LogP contribution in [0, 0.1) is 45.8 Å². The van der Waals surface area contributed by atoms with E-state index in [0.29, 0.717) is 35.5 Å². The maximum absolute atomic E-state index is 12.6. The number of nitrogens with one attached hydrogen (secondary N) is 1. The third-order valence-electron chi connectivity index (χ3n) is 4.20. The van der Waals surface area contributed by atoms with E-state index < -0.39 is 17.2 Å². The smallest absolute Gasteiger partial charge is 0.243 e. The fourth-order valence-corrected chi connectivity index (χ4v) is 4.00. The molecule has 0 bridgehead atoms. The molecule has 0 spiro atoms. The SMILES string of the molecule is CC(C)CN(CC(C)C)C(=O)CSC1=C(C#N)C(C)(C)C(C#N)C(=O)N1. The molecule has 0 aliphatic carbocycles. The van der Waals surface area contributed by atoms with Crippen LogP contribution in [0.4, 0.5) is 0 Å². The molecule has 1 aliphatic heterocycles. The number of allylic oxidation sites excluding steroid dienone is 1. The second-order valence-corrected chi connectivity index (χ2v) is 8.95. The summed E-state index contributed by atoms with van der Waals surface area (Å²) in [4.78, 5) is 26.7. The van der Waals surface area contributed by atoms with Crippen molar-refractivity contribution < 1.29 is 9.59 Å². The molecule has 0 radical (unpaired) electrons. The van der Waals surface area contributed by atoms with Crippen molar-refractivity contribution in [3.05, 3.63) is 10.6 Å². The van der Waals surface area contributed by atoms with E-state index in [0.717, 1.165) is 11.8 Å². The van der Waals surface area contributed by atoms with Gasteiger partial charge in [-0.3, -0.25) is 9.59 Å². The summed E-state index contributed by atoms with van der Waals surface area (Å²) >= 11 is 1.16. The molecule has 142 valence electrons. The zero-order valence-electron chi connectivity index (χ0n) is 16.4. The summed E-state index contributed by atoms with van der Waals surface area (Å²) in [6.45, 7) is 13.0. The van der Waals surface area contributed by atoms with E-state index in [9.17, 15) is 20.1 Å². The first kappa shape index (κ1) is 22.1. The third kappa shape index (κ3) is 5.25. The maximum Gasteiger partial charge on any atom is 0.243 e. The van der Waals surface area contributed by atoms with Gasteiger partial charge in [0.05, 0.1) is 28.5 Å². The van der Waals surface area contributed by atoms with Crippen molar-refractivity contribution in [2.45, 2.75) is 41.5 Å². The van der Waals surface area contributed by atoms with Crippen molar-refractivity contribution in [2.24, 2.45) is 23.2 Å². The fraction of sp³-hybridized carbons (Fsp3) is 0.684. The van der Waals surface area contributed by atoms with Gasteiger partial charge in [0, 0.05) is 18.5 Å². The summed E-state index contributed by atoms with van der Waals surface area (Å²) in [7, 11) is 0. The molecule has 26 heavy (non-hydrogen) atoms. The van der Waals surface area contributed by atoms with Crippen LogP contribution >= 0.6 is 11.8 Å². The molecule has 0 fully saturated rings. The monoisotopic (exact) mass is 376 g/mol. The minimum atomic E-state index is -0.921. The molecular formula is C19H28N4O2S. The van der Waals surface area contributed by atoms with E-state index in [2.05, 4.69) is 39.1 Å². The van der Waals surface area contributed by atoms with Gasteiger partial charge in [0.1, 0.15) is 5.92 Å². The molecular weight excluding hydrogens is 348 g/mol. The Bertz CT molecular complexity index is 658. The van der Waals surface area contributed by atoms with E-state index in [1.807, 2.05) is 11.0 Å². The number of hydrogen-bond acceptors (Lipinski definition) is 5. The molecule has 1 rings (SSSR count). The van der Waals surface area contributed by atoms with Gasteiger partial charge in [-0.1, -0.05) is 53.3 Å². The normalized spacial score (nSPS) is 19.2. The van der Waals surface area contributed by atoms with Crippen LogP contribution < -0.4 is 5.32 Å². The van der Waals surface area contributed by atoms with Crippen molar-refractivity contribution in [3.63, 3.8) is 0 Å². The average Bonchev–Trinajstić information content (AvgIpc) is 2.50. The highest BCUT2D eigenvalue weighted by molar-refractivity contribution is 8.03. The minimum Gasteiger partial charge on any atom is -0.341 e. The van der Waals surface area contributed by atoms with E-state index in [4.69, 9.17) is 0 Å². The van der Waals surface area contributed by atoms with Crippen molar-refractivity contribution in [1.82, 2.24) is 10.2 Å². The summed E-state index contributed by atoms with van der Waals surface area (Å²) < 4.78 is 0. The zero-order chi connectivity index (χ0) is 20.1. The molecule has 0 aromatic rings. The average molecular weight is 377 g/mol. The van der Waals surface area contributed by atoms with Crippen molar-refractivity contribution in [2.75, 3.05) is 18.8 Å². The number of hydrogen-bond donors (Lipinski definition) is 1. The molecule has 7 heteroatoms. The second kappa shape index (κ2) is 9.09. The van der Waals surface area contributed by atoms with Crippen LogP contribution in [0.15, 0.2) is 10.6 Å². The van der Waals surface area contributed by atoms with Crippen LogP contribution in [0.5, 0.6) is 0 Å². The highest BCUT2D eigenvalue weighted by Gasteiger charge is 2.44. The van der Waals surface area contributed by atoms with Gasteiger partial charge in [-0.15, -0.1) is 0 Å². The molecule has 6 nitrogen and oxygen atoms in total. The molecule has 2 amide bonds. The van der Waals surface area contributed by atoms with Gasteiger partial charge >= 0.3 is 0 Å². The lowest BCUT2D eigenvalue weighted by molar-refractivity contribution is -0.129. The summed E-state index contributed by atoms with van der Waals surface area (Å²) in [5, 5.41) is 21.8. The molecule has 1 atom stereocenters. The first-order valence-electron chi connectivity index (χ1n) is 8.80. The standard InChI is InChI=1S/C19H28N4O2S/c1-12(2)9-23(10-13(3)4)16(24)11-26-18-15(8-21)19(5,6)14(7-20)17(25)22-18/h12-14H,9-11H2,1-6H3,(H,22,25). The molecule has 1 heterocycles. The van der Waals surface area contributed by atoms with E-state index in [1.165, 1.54) is 0 Å². The van der Waals surface area contributed by atoms with Crippen LogP contribution in [0.25, 0.3) is 0 Å². The zero-order valence-corrected chi connectivity index (χ0v) is 17.2. The van der Waals surface area contributed by atoms with Gasteiger partial charge in [-0.05, 0) is 11.8 Å². The van der Waals surface area contributed by atoms with E-state index >= 15 is 0 Å². The summed E-state index contributed by atoms with van der Waals surface area (Å²) in [5.74, 6) is -0.490. The lowest BCUT2D eigenvalue weighted by Crippen LogP contribution is -2.45. The van der Waals surface area contributed by atoms with Crippen LogP contribution in [0.1, 0.15) is 41.5 Å². The Balaban J connectivity index is 2.97. The Kier molecular flexibility index (Phi) is 7.71. The topological polar surface area (TPSA) is 97.0 Å². The highest BCUT2D eigenvalue weighted by atomic mass is 32.2. The lowest BCUT2D eigenvalue weighted by atomic mass is 9.72. The predicted molar refractivity (Wildman–Crippen MR) is 102 cm³/mol. The van der Waals surface area contributed by atoms with Crippen molar-refractivity contribution in [1.29, 1.82) is 10.5 Å². The predicted octanol–water partition coefficient (Wildman–Crippen LogP) is 2.89. The van der Waals surface area contributed by atoms with Crippen LogP contribution in [-0.2, 0) is 9.59 Å². The first-order chi connectivity index (χ1) is 12.0. The lowest BCUT2D eigenvalue weighted by Gasteiger charge is -2.34. The Hall–Kier alpha value is -1.99. The first-order valence-corrected chi connectivity index (χ1v) is 9.79. The largest absolute Gasteiger partial charge is 0.341 e. The van der Waals surface area contributed by atoms with Crippen molar-refractivity contribution >= 4 is 23.6 Å². The molecule has 1 aliphatic rings. The third-order valence-corrected chi connectivity index (χ3v) is 5.18. The van der Waals surface area contributed by atoms with Gasteiger partial charge in [-0.2, -0.15) is 10.5 Å². The Labute approximate surface area is 160 Å². The summed E-state index contributed by atoms with van der Waals surface area (Å²) in [5.41, 5.74) is -0.534. The summed E-state index contributed by atoms with van der Waals surface area (Å²) in [6.07, 6.45) is 0. The molecule has 0 aromatic heterocycles.